The third kappa shape index (κ3) is 3.23. The van der Waals surface area contributed by atoms with Crippen molar-refractivity contribution in [3.63, 3.8) is 0 Å². The van der Waals surface area contributed by atoms with Crippen LogP contribution in [0, 0.1) is 0 Å². The first-order valence-corrected chi connectivity index (χ1v) is 7.02. The van der Waals surface area contributed by atoms with Gasteiger partial charge in [-0.25, -0.2) is 4.98 Å². The molecule has 1 heterocycles. The molecule has 0 aliphatic rings. The molecule has 1 aromatic carbocycles. The summed E-state index contributed by atoms with van der Waals surface area (Å²) >= 11 is 18.2. The quantitative estimate of drug-likeness (QED) is 0.796. The maximum absolute atomic E-state index is 6.22. The molecule has 102 valence electrons. The molecule has 2 aromatic rings. The third-order valence-electron chi connectivity index (χ3n) is 2.96. The highest BCUT2D eigenvalue weighted by Crippen LogP contribution is 2.35. The topological polar surface area (TPSA) is 40.7 Å². The highest BCUT2D eigenvalue weighted by atomic mass is 35.5. The fourth-order valence-electron chi connectivity index (χ4n) is 1.93. The minimum Gasteiger partial charge on any atom is -0.347 e. The van der Waals surface area contributed by atoms with Gasteiger partial charge in [-0.15, -0.1) is 0 Å². The zero-order chi connectivity index (χ0) is 14.0. The average molecular weight is 319 g/mol. The van der Waals surface area contributed by atoms with Gasteiger partial charge in [-0.2, -0.15) is 0 Å². The van der Waals surface area contributed by atoms with Gasteiger partial charge in [-0.1, -0.05) is 40.9 Å². The van der Waals surface area contributed by atoms with Gasteiger partial charge in [-0.05, 0) is 25.5 Å². The second-order valence-corrected chi connectivity index (χ2v) is 5.51. The predicted octanol–water partition coefficient (Wildman–Crippen LogP) is 4.78. The van der Waals surface area contributed by atoms with Gasteiger partial charge in [0.1, 0.15) is 5.82 Å². The summed E-state index contributed by atoms with van der Waals surface area (Å²) in [6, 6.07) is 3.74. The fraction of sp³-hybridized carbons (Fsp3) is 0.308. The van der Waals surface area contributed by atoms with Gasteiger partial charge in [0.15, 0.2) is 0 Å². The SMILES string of the molecule is CC(NC(C)c1ccc(Cl)c(Cl)c1Cl)c1ncc[nH]1. The van der Waals surface area contributed by atoms with Crippen molar-refractivity contribution in [2.75, 3.05) is 0 Å². The van der Waals surface area contributed by atoms with Crippen LogP contribution in [0.25, 0.3) is 0 Å². The number of aromatic nitrogens is 2. The zero-order valence-corrected chi connectivity index (χ0v) is 12.8. The van der Waals surface area contributed by atoms with E-state index in [-0.39, 0.29) is 12.1 Å². The Morgan fingerprint density at radius 2 is 1.84 bits per heavy atom. The lowest BCUT2D eigenvalue weighted by atomic mass is 10.1. The van der Waals surface area contributed by atoms with Crippen molar-refractivity contribution in [3.05, 3.63) is 51.0 Å². The first-order valence-electron chi connectivity index (χ1n) is 5.89. The normalized spacial score (nSPS) is 14.4. The highest BCUT2D eigenvalue weighted by Gasteiger charge is 2.17. The minimum atomic E-state index is 0.0300. The Hall–Kier alpha value is -0.740. The van der Waals surface area contributed by atoms with Crippen molar-refractivity contribution < 1.29 is 0 Å². The molecule has 0 spiro atoms. The second-order valence-electron chi connectivity index (χ2n) is 4.35. The zero-order valence-electron chi connectivity index (χ0n) is 10.5. The van der Waals surface area contributed by atoms with Gasteiger partial charge in [0, 0.05) is 18.4 Å². The monoisotopic (exact) mass is 317 g/mol. The summed E-state index contributed by atoms with van der Waals surface area (Å²) in [5, 5.41) is 4.74. The van der Waals surface area contributed by atoms with E-state index >= 15 is 0 Å². The molecule has 0 aliphatic carbocycles. The largest absolute Gasteiger partial charge is 0.347 e. The summed E-state index contributed by atoms with van der Waals surface area (Å²) in [6.45, 7) is 4.05. The Kier molecular flexibility index (Phi) is 4.74. The number of nitrogens with one attached hydrogen (secondary N) is 2. The van der Waals surface area contributed by atoms with Crippen molar-refractivity contribution in [3.8, 4) is 0 Å². The van der Waals surface area contributed by atoms with E-state index in [1.165, 1.54) is 0 Å². The lowest BCUT2D eigenvalue weighted by Gasteiger charge is -2.20. The van der Waals surface area contributed by atoms with E-state index in [9.17, 15) is 0 Å². The van der Waals surface area contributed by atoms with E-state index in [0.717, 1.165) is 11.4 Å². The van der Waals surface area contributed by atoms with Crippen molar-refractivity contribution >= 4 is 34.8 Å². The molecule has 0 saturated carbocycles. The first kappa shape index (κ1) is 14.7. The Bertz CT molecular complexity index is 555. The highest BCUT2D eigenvalue weighted by molar-refractivity contribution is 6.48. The van der Waals surface area contributed by atoms with Crippen LogP contribution in [0.5, 0.6) is 0 Å². The van der Waals surface area contributed by atoms with Gasteiger partial charge < -0.3 is 10.3 Å². The van der Waals surface area contributed by atoms with Crippen LogP contribution in [0.15, 0.2) is 24.5 Å². The van der Waals surface area contributed by atoms with Crippen LogP contribution in [-0.4, -0.2) is 9.97 Å². The number of aromatic amines is 1. The number of hydrogen-bond acceptors (Lipinski definition) is 2. The Morgan fingerprint density at radius 1 is 1.11 bits per heavy atom. The number of nitrogens with zero attached hydrogens (tertiary/aromatic N) is 1. The summed E-state index contributed by atoms with van der Waals surface area (Å²) in [5.41, 5.74) is 0.912. The van der Waals surface area contributed by atoms with Crippen LogP contribution < -0.4 is 5.32 Å². The maximum Gasteiger partial charge on any atom is 0.122 e. The summed E-state index contributed by atoms with van der Waals surface area (Å²) in [7, 11) is 0. The van der Waals surface area contributed by atoms with Crippen molar-refractivity contribution in [2.24, 2.45) is 0 Å². The number of benzene rings is 1. The third-order valence-corrected chi connectivity index (χ3v) is 4.27. The van der Waals surface area contributed by atoms with Crippen LogP contribution in [-0.2, 0) is 0 Å². The summed E-state index contributed by atoms with van der Waals surface area (Å²) < 4.78 is 0. The minimum absolute atomic E-state index is 0.0300. The maximum atomic E-state index is 6.22. The summed E-state index contributed by atoms with van der Waals surface area (Å²) in [6.07, 6.45) is 3.52. The molecular weight excluding hydrogens is 305 g/mol. The van der Waals surface area contributed by atoms with Crippen molar-refractivity contribution in [2.45, 2.75) is 25.9 Å². The smallest absolute Gasteiger partial charge is 0.122 e. The van der Waals surface area contributed by atoms with E-state index in [0.29, 0.717) is 15.1 Å². The molecule has 19 heavy (non-hydrogen) atoms. The molecule has 1 aromatic heterocycles. The van der Waals surface area contributed by atoms with Crippen molar-refractivity contribution in [1.29, 1.82) is 0 Å². The molecule has 2 N–H and O–H groups in total. The van der Waals surface area contributed by atoms with E-state index in [4.69, 9.17) is 34.8 Å². The van der Waals surface area contributed by atoms with Crippen LogP contribution in [0.4, 0.5) is 0 Å². The van der Waals surface area contributed by atoms with E-state index in [1.807, 2.05) is 19.9 Å². The van der Waals surface area contributed by atoms with E-state index in [2.05, 4.69) is 15.3 Å². The molecule has 0 bridgehead atoms. The Morgan fingerprint density at radius 3 is 2.47 bits per heavy atom. The lowest BCUT2D eigenvalue weighted by molar-refractivity contribution is 0.479. The number of H-pyrrole nitrogens is 1. The molecule has 0 amide bonds. The van der Waals surface area contributed by atoms with Gasteiger partial charge >= 0.3 is 0 Å². The number of imidazole rings is 1. The van der Waals surface area contributed by atoms with Crippen LogP contribution in [0.1, 0.15) is 37.3 Å². The molecule has 2 atom stereocenters. The number of hydrogen-bond donors (Lipinski definition) is 2. The number of rotatable bonds is 4. The summed E-state index contributed by atoms with van der Waals surface area (Å²) in [5.74, 6) is 0.878. The van der Waals surface area contributed by atoms with Crippen molar-refractivity contribution in [1.82, 2.24) is 15.3 Å². The fourth-order valence-corrected chi connectivity index (χ4v) is 2.64. The standard InChI is InChI=1S/C13H14Cl3N3/c1-7(19-8(2)13-17-5-6-18-13)9-3-4-10(14)12(16)11(9)15/h3-8,19H,1-2H3,(H,17,18). The number of halogens is 3. The first-order chi connectivity index (χ1) is 9.00. The predicted molar refractivity (Wildman–Crippen MR) is 80.0 cm³/mol. The lowest BCUT2D eigenvalue weighted by Crippen LogP contribution is -2.23. The van der Waals surface area contributed by atoms with Crippen LogP contribution in [0.3, 0.4) is 0 Å². The Labute approximate surface area is 127 Å². The molecule has 0 radical (unpaired) electrons. The van der Waals surface area contributed by atoms with Gasteiger partial charge in [-0.3, -0.25) is 0 Å². The van der Waals surface area contributed by atoms with E-state index < -0.39 is 0 Å². The molecule has 6 heteroatoms. The molecule has 2 rings (SSSR count). The Balaban J connectivity index is 2.16. The molecule has 0 aliphatic heterocycles. The van der Waals surface area contributed by atoms with E-state index in [1.54, 1.807) is 18.5 Å². The average Bonchev–Trinajstić information content (AvgIpc) is 2.89. The summed E-state index contributed by atoms with van der Waals surface area (Å²) in [4.78, 5) is 7.29. The molecule has 3 nitrogen and oxygen atoms in total. The molecule has 0 fully saturated rings. The van der Waals surface area contributed by atoms with Gasteiger partial charge in [0.05, 0.1) is 21.1 Å². The van der Waals surface area contributed by atoms with Crippen LogP contribution in [0.2, 0.25) is 15.1 Å². The van der Waals surface area contributed by atoms with Gasteiger partial charge in [0.2, 0.25) is 0 Å². The van der Waals surface area contributed by atoms with Gasteiger partial charge in [0.25, 0.3) is 0 Å². The molecule has 2 unspecified atom stereocenters. The molecule has 0 saturated heterocycles. The molecular formula is C13H14Cl3N3. The van der Waals surface area contributed by atoms with Crippen LogP contribution >= 0.6 is 34.8 Å². The second kappa shape index (κ2) is 6.14.